The van der Waals surface area contributed by atoms with E-state index in [0.717, 1.165) is 43.5 Å². The van der Waals surface area contributed by atoms with Crippen molar-refractivity contribution in [2.75, 3.05) is 6.54 Å². The fourth-order valence-electron chi connectivity index (χ4n) is 4.69. The maximum Gasteiger partial charge on any atom is 0.223 e. The molecule has 1 saturated heterocycles. The van der Waals surface area contributed by atoms with Crippen molar-refractivity contribution in [1.82, 2.24) is 20.1 Å². The van der Waals surface area contributed by atoms with Crippen LogP contribution in [-0.4, -0.2) is 32.5 Å². The second kappa shape index (κ2) is 4.86. The normalized spacial score (nSPS) is 35.9. The Hall–Kier alpha value is -1.39. The zero-order valence-corrected chi connectivity index (χ0v) is 11.8. The molecule has 0 aromatic carbocycles. The van der Waals surface area contributed by atoms with Crippen LogP contribution in [0.3, 0.4) is 0 Å². The summed E-state index contributed by atoms with van der Waals surface area (Å²) in [5.74, 6) is 3.58. The van der Waals surface area contributed by atoms with E-state index >= 15 is 0 Å². The molecule has 3 fully saturated rings. The molecule has 2 bridgehead atoms. The number of fused-ring (bicyclic) bond motifs is 2. The van der Waals surface area contributed by atoms with Gasteiger partial charge in [0.1, 0.15) is 12.2 Å². The van der Waals surface area contributed by atoms with Crippen molar-refractivity contribution in [3.05, 3.63) is 12.2 Å². The molecule has 5 nitrogen and oxygen atoms in total. The van der Waals surface area contributed by atoms with Crippen molar-refractivity contribution in [3.8, 4) is 0 Å². The summed E-state index contributed by atoms with van der Waals surface area (Å²) in [4.78, 5) is 18.9. The Morgan fingerprint density at radius 1 is 1.35 bits per heavy atom. The third kappa shape index (κ3) is 2.03. The molecule has 4 rings (SSSR count). The molecule has 2 saturated carbocycles. The third-order valence-corrected chi connectivity index (χ3v) is 5.64. The molecule has 2 aliphatic carbocycles. The predicted octanol–water partition coefficient (Wildman–Crippen LogP) is 2.29. The molecule has 4 atom stereocenters. The lowest BCUT2D eigenvalue weighted by Gasteiger charge is -2.27. The second-order valence-corrected chi connectivity index (χ2v) is 6.75. The smallest absolute Gasteiger partial charge is 0.223 e. The zero-order chi connectivity index (χ0) is 13.5. The van der Waals surface area contributed by atoms with Gasteiger partial charge in [0.25, 0.3) is 0 Å². The van der Waals surface area contributed by atoms with Crippen LogP contribution in [0.1, 0.15) is 56.8 Å². The summed E-state index contributed by atoms with van der Waals surface area (Å²) in [6.45, 7) is 0.880. The van der Waals surface area contributed by atoms with E-state index in [2.05, 4.69) is 15.2 Å². The van der Waals surface area contributed by atoms with Crippen LogP contribution in [0.4, 0.5) is 0 Å². The molecule has 0 spiro atoms. The van der Waals surface area contributed by atoms with Gasteiger partial charge < -0.3 is 4.90 Å². The number of likely N-dealkylation sites (tertiary alicyclic amines) is 1. The Kier molecular flexibility index (Phi) is 3.00. The molecule has 1 amide bonds. The Balaban J connectivity index is 1.43. The first-order valence-electron chi connectivity index (χ1n) is 7.96. The number of H-pyrrole nitrogens is 1. The standard InChI is InChI=1S/C15H22N4O/c20-14(8-12-7-10-3-4-11(12)6-10)19-5-1-2-13(19)15-16-9-17-18-15/h9-13H,1-8H2,(H,16,17,18)/t10?,11?,12?,13-/m0/s1. The van der Waals surface area contributed by atoms with Gasteiger partial charge in [0.2, 0.25) is 5.91 Å². The summed E-state index contributed by atoms with van der Waals surface area (Å²) in [6.07, 6.45) is 9.80. The molecule has 0 radical (unpaired) electrons. The maximum absolute atomic E-state index is 12.6. The highest BCUT2D eigenvalue weighted by Crippen LogP contribution is 2.50. The number of hydrogen-bond acceptors (Lipinski definition) is 3. The number of rotatable bonds is 3. The van der Waals surface area contributed by atoms with Gasteiger partial charge in [-0.05, 0) is 49.9 Å². The van der Waals surface area contributed by atoms with Crippen LogP contribution in [0.2, 0.25) is 0 Å². The summed E-state index contributed by atoms with van der Waals surface area (Å²) in [5, 5.41) is 6.85. The van der Waals surface area contributed by atoms with Gasteiger partial charge in [-0.15, -0.1) is 0 Å². The van der Waals surface area contributed by atoms with Crippen molar-refractivity contribution in [1.29, 1.82) is 0 Å². The van der Waals surface area contributed by atoms with Gasteiger partial charge in [0.05, 0.1) is 6.04 Å². The SMILES string of the molecule is O=C(CC1CC2CCC1C2)N1CCC[C@H]1c1ncn[nH]1. The molecule has 1 aromatic rings. The van der Waals surface area contributed by atoms with Crippen molar-refractivity contribution in [2.24, 2.45) is 17.8 Å². The van der Waals surface area contributed by atoms with E-state index in [0.29, 0.717) is 11.8 Å². The van der Waals surface area contributed by atoms with E-state index in [9.17, 15) is 4.79 Å². The largest absolute Gasteiger partial charge is 0.332 e. The van der Waals surface area contributed by atoms with Crippen LogP contribution in [-0.2, 0) is 4.79 Å². The van der Waals surface area contributed by atoms with E-state index in [1.165, 1.54) is 32.0 Å². The van der Waals surface area contributed by atoms with Crippen molar-refractivity contribution >= 4 is 5.91 Å². The lowest BCUT2D eigenvalue weighted by molar-refractivity contribution is -0.133. The molecule has 1 aromatic heterocycles. The minimum Gasteiger partial charge on any atom is -0.332 e. The highest BCUT2D eigenvalue weighted by atomic mass is 16.2. The van der Waals surface area contributed by atoms with Gasteiger partial charge in [-0.25, -0.2) is 4.98 Å². The van der Waals surface area contributed by atoms with Gasteiger partial charge in [0.15, 0.2) is 0 Å². The van der Waals surface area contributed by atoms with E-state index < -0.39 is 0 Å². The Morgan fingerprint density at radius 2 is 2.30 bits per heavy atom. The van der Waals surface area contributed by atoms with Crippen LogP contribution in [0.15, 0.2) is 6.33 Å². The average molecular weight is 274 g/mol. The number of carbonyl (C=O) groups is 1. The monoisotopic (exact) mass is 274 g/mol. The maximum atomic E-state index is 12.6. The molecule has 108 valence electrons. The summed E-state index contributed by atoms with van der Waals surface area (Å²) in [7, 11) is 0. The predicted molar refractivity (Wildman–Crippen MR) is 73.6 cm³/mol. The molecular formula is C15H22N4O. The molecule has 5 heteroatoms. The Labute approximate surface area is 119 Å². The fraction of sp³-hybridized carbons (Fsp3) is 0.800. The number of carbonyl (C=O) groups excluding carboxylic acids is 1. The van der Waals surface area contributed by atoms with Crippen LogP contribution < -0.4 is 0 Å². The topological polar surface area (TPSA) is 61.9 Å². The summed E-state index contributed by atoms with van der Waals surface area (Å²) >= 11 is 0. The highest BCUT2D eigenvalue weighted by molar-refractivity contribution is 5.77. The number of nitrogens with zero attached hydrogens (tertiary/aromatic N) is 3. The molecule has 3 unspecified atom stereocenters. The van der Waals surface area contributed by atoms with E-state index in [1.54, 1.807) is 0 Å². The van der Waals surface area contributed by atoms with Gasteiger partial charge in [-0.1, -0.05) is 6.42 Å². The van der Waals surface area contributed by atoms with Gasteiger partial charge in [-0.2, -0.15) is 5.10 Å². The Morgan fingerprint density at radius 3 is 3.00 bits per heavy atom. The summed E-state index contributed by atoms with van der Waals surface area (Å²) in [6, 6.07) is 0.128. The van der Waals surface area contributed by atoms with Crippen LogP contribution in [0, 0.1) is 17.8 Å². The molecule has 20 heavy (non-hydrogen) atoms. The molecule has 1 aliphatic heterocycles. The van der Waals surface area contributed by atoms with Gasteiger partial charge in [0, 0.05) is 13.0 Å². The van der Waals surface area contributed by atoms with Crippen molar-refractivity contribution < 1.29 is 4.79 Å². The minimum absolute atomic E-state index is 0.128. The molecule has 2 heterocycles. The third-order valence-electron chi connectivity index (χ3n) is 5.64. The summed E-state index contributed by atoms with van der Waals surface area (Å²) < 4.78 is 0. The van der Waals surface area contributed by atoms with Crippen LogP contribution in [0.25, 0.3) is 0 Å². The number of nitrogens with one attached hydrogen (secondary N) is 1. The quantitative estimate of drug-likeness (QED) is 0.920. The number of aromatic nitrogens is 3. The van der Waals surface area contributed by atoms with Gasteiger partial charge >= 0.3 is 0 Å². The number of hydrogen-bond donors (Lipinski definition) is 1. The number of amides is 1. The first-order valence-corrected chi connectivity index (χ1v) is 7.96. The summed E-state index contributed by atoms with van der Waals surface area (Å²) in [5.41, 5.74) is 0. The average Bonchev–Trinajstić information content (AvgIpc) is 3.21. The molecule has 1 N–H and O–H groups in total. The minimum atomic E-state index is 0.128. The van der Waals surface area contributed by atoms with E-state index in [4.69, 9.17) is 0 Å². The lowest BCUT2D eigenvalue weighted by atomic mass is 9.86. The van der Waals surface area contributed by atoms with E-state index in [-0.39, 0.29) is 6.04 Å². The van der Waals surface area contributed by atoms with E-state index in [1.807, 2.05) is 4.90 Å². The second-order valence-electron chi connectivity index (χ2n) is 6.75. The first kappa shape index (κ1) is 12.4. The highest BCUT2D eigenvalue weighted by Gasteiger charge is 2.41. The van der Waals surface area contributed by atoms with Crippen LogP contribution in [0.5, 0.6) is 0 Å². The number of aromatic amines is 1. The van der Waals surface area contributed by atoms with Crippen LogP contribution >= 0.6 is 0 Å². The molecule has 3 aliphatic rings. The van der Waals surface area contributed by atoms with Crippen molar-refractivity contribution in [2.45, 2.75) is 51.0 Å². The lowest BCUT2D eigenvalue weighted by Crippen LogP contribution is -2.33. The zero-order valence-electron chi connectivity index (χ0n) is 11.8. The fourth-order valence-corrected chi connectivity index (χ4v) is 4.69. The van der Waals surface area contributed by atoms with Gasteiger partial charge in [-0.3, -0.25) is 9.89 Å². The van der Waals surface area contributed by atoms with Crippen molar-refractivity contribution in [3.63, 3.8) is 0 Å². The Bertz CT molecular complexity index is 486. The first-order chi connectivity index (χ1) is 9.81. The molecular weight excluding hydrogens is 252 g/mol.